The molecule has 2 aliphatic heterocycles. The van der Waals surface area contributed by atoms with Crippen molar-refractivity contribution in [2.45, 2.75) is 19.5 Å². The molecule has 6 heteroatoms. The van der Waals surface area contributed by atoms with Crippen molar-refractivity contribution < 1.29 is 4.79 Å². The van der Waals surface area contributed by atoms with Gasteiger partial charge in [-0.05, 0) is 36.1 Å². The van der Waals surface area contributed by atoms with Crippen molar-refractivity contribution >= 4 is 5.91 Å². The minimum Gasteiger partial charge on any atom is -0.337 e. The molecular formula is C24H27N5O. The fraction of sp³-hybridized carbons (Fsp3) is 0.375. The minimum atomic E-state index is 0.0846. The maximum atomic E-state index is 13.4. The van der Waals surface area contributed by atoms with Crippen LogP contribution in [0.3, 0.4) is 0 Å². The molecule has 0 aliphatic carbocycles. The molecule has 0 bridgehead atoms. The van der Waals surface area contributed by atoms with Gasteiger partial charge in [-0.1, -0.05) is 24.3 Å². The number of fused-ring (bicyclic) bond motifs is 1. The van der Waals surface area contributed by atoms with E-state index in [4.69, 9.17) is 0 Å². The largest absolute Gasteiger partial charge is 0.337 e. The van der Waals surface area contributed by atoms with Crippen molar-refractivity contribution in [1.82, 2.24) is 24.3 Å². The highest BCUT2D eigenvalue weighted by molar-refractivity contribution is 5.94. The van der Waals surface area contributed by atoms with Crippen LogP contribution >= 0.6 is 0 Å². The van der Waals surface area contributed by atoms with Crippen molar-refractivity contribution in [3.05, 3.63) is 83.7 Å². The first-order valence-electron chi connectivity index (χ1n) is 10.6. The van der Waals surface area contributed by atoms with Gasteiger partial charge in [0, 0.05) is 57.4 Å². The number of likely N-dealkylation sites (tertiary alicyclic amines) is 2. The van der Waals surface area contributed by atoms with E-state index in [0.29, 0.717) is 17.4 Å². The highest BCUT2D eigenvalue weighted by atomic mass is 16.2. The lowest BCUT2D eigenvalue weighted by molar-refractivity contribution is 0.0698. The lowest BCUT2D eigenvalue weighted by Gasteiger charge is -2.31. The molecule has 6 nitrogen and oxygen atoms in total. The molecule has 0 radical (unpaired) electrons. The Morgan fingerprint density at radius 1 is 1.10 bits per heavy atom. The van der Waals surface area contributed by atoms with E-state index in [2.05, 4.69) is 55.5 Å². The van der Waals surface area contributed by atoms with Gasteiger partial charge >= 0.3 is 0 Å². The predicted octanol–water partition coefficient (Wildman–Crippen LogP) is 3.07. The van der Waals surface area contributed by atoms with Crippen molar-refractivity contribution in [3.8, 4) is 0 Å². The molecule has 2 saturated heterocycles. The Hall–Kier alpha value is -2.99. The average molecular weight is 402 g/mol. The summed E-state index contributed by atoms with van der Waals surface area (Å²) in [5.74, 6) is 2.06. The van der Waals surface area contributed by atoms with Gasteiger partial charge in [0.1, 0.15) is 5.82 Å². The van der Waals surface area contributed by atoms with Gasteiger partial charge in [0.25, 0.3) is 5.91 Å². The SMILES string of the molecule is Cc1ccccc1[C@@H]1[C@H]2CN(Cc3nccn3C)C[C@H]2CN1C(=O)c1cccnc1. The van der Waals surface area contributed by atoms with Crippen LogP contribution in [0.5, 0.6) is 0 Å². The smallest absolute Gasteiger partial charge is 0.255 e. The van der Waals surface area contributed by atoms with E-state index in [0.717, 1.165) is 32.0 Å². The number of benzene rings is 1. The van der Waals surface area contributed by atoms with Crippen LogP contribution in [0, 0.1) is 18.8 Å². The molecule has 154 valence electrons. The summed E-state index contributed by atoms with van der Waals surface area (Å²) >= 11 is 0. The van der Waals surface area contributed by atoms with Crippen molar-refractivity contribution in [3.63, 3.8) is 0 Å². The Morgan fingerprint density at radius 2 is 1.97 bits per heavy atom. The van der Waals surface area contributed by atoms with Gasteiger partial charge in [0.15, 0.2) is 0 Å². The lowest BCUT2D eigenvalue weighted by Crippen LogP contribution is -2.36. The Balaban J connectivity index is 1.44. The summed E-state index contributed by atoms with van der Waals surface area (Å²) in [6.07, 6.45) is 7.25. The minimum absolute atomic E-state index is 0.0846. The van der Waals surface area contributed by atoms with Crippen LogP contribution < -0.4 is 0 Å². The maximum absolute atomic E-state index is 13.4. The number of amides is 1. The Morgan fingerprint density at radius 3 is 2.70 bits per heavy atom. The van der Waals surface area contributed by atoms with Crippen molar-refractivity contribution in [1.29, 1.82) is 0 Å². The second-order valence-corrected chi connectivity index (χ2v) is 8.57. The molecule has 2 aromatic heterocycles. The molecule has 2 fully saturated rings. The number of aryl methyl sites for hydroxylation is 2. The number of imidazole rings is 1. The molecule has 0 unspecified atom stereocenters. The molecular weight excluding hydrogens is 374 g/mol. The fourth-order valence-electron chi connectivity index (χ4n) is 5.20. The maximum Gasteiger partial charge on any atom is 0.255 e. The topological polar surface area (TPSA) is 54.3 Å². The van der Waals surface area contributed by atoms with Gasteiger partial charge < -0.3 is 9.47 Å². The normalized spacial score (nSPS) is 23.7. The van der Waals surface area contributed by atoms with E-state index in [9.17, 15) is 4.79 Å². The molecule has 30 heavy (non-hydrogen) atoms. The molecule has 5 rings (SSSR count). The van der Waals surface area contributed by atoms with Crippen molar-refractivity contribution in [2.75, 3.05) is 19.6 Å². The first kappa shape index (κ1) is 19.0. The Kier molecular flexibility index (Phi) is 4.87. The number of hydrogen-bond acceptors (Lipinski definition) is 4. The zero-order chi connectivity index (χ0) is 20.7. The Bertz CT molecular complexity index is 1050. The number of aromatic nitrogens is 3. The lowest BCUT2D eigenvalue weighted by atomic mass is 9.87. The van der Waals surface area contributed by atoms with Gasteiger partial charge in [-0.25, -0.2) is 4.98 Å². The monoisotopic (exact) mass is 401 g/mol. The van der Waals surface area contributed by atoms with Crippen LogP contribution in [0.15, 0.2) is 61.2 Å². The molecule has 3 atom stereocenters. The summed E-state index contributed by atoms with van der Waals surface area (Å²) in [4.78, 5) is 26.7. The summed E-state index contributed by atoms with van der Waals surface area (Å²) in [7, 11) is 2.05. The van der Waals surface area contributed by atoms with E-state index in [-0.39, 0.29) is 11.9 Å². The third-order valence-corrected chi connectivity index (χ3v) is 6.70. The molecule has 0 saturated carbocycles. The number of nitrogens with zero attached hydrogens (tertiary/aromatic N) is 5. The first-order chi connectivity index (χ1) is 14.6. The van der Waals surface area contributed by atoms with E-state index in [1.54, 1.807) is 12.4 Å². The van der Waals surface area contributed by atoms with Crippen LogP contribution in [0.25, 0.3) is 0 Å². The zero-order valence-corrected chi connectivity index (χ0v) is 17.5. The van der Waals surface area contributed by atoms with E-state index in [1.807, 2.05) is 31.6 Å². The van der Waals surface area contributed by atoms with E-state index < -0.39 is 0 Å². The first-order valence-corrected chi connectivity index (χ1v) is 10.6. The summed E-state index contributed by atoms with van der Waals surface area (Å²) in [6.45, 7) is 5.77. The van der Waals surface area contributed by atoms with Crippen LogP contribution in [-0.2, 0) is 13.6 Å². The van der Waals surface area contributed by atoms with Gasteiger partial charge in [0.2, 0.25) is 0 Å². The van der Waals surface area contributed by atoms with Gasteiger partial charge in [0.05, 0.1) is 18.2 Å². The summed E-state index contributed by atoms with van der Waals surface area (Å²) in [5.41, 5.74) is 3.18. The number of pyridine rings is 1. The van der Waals surface area contributed by atoms with Crippen LogP contribution in [0.4, 0.5) is 0 Å². The van der Waals surface area contributed by atoms with E-state index in [1.165, 1.54) is 11.1 Å². The average Bonchev–Trinajstić information content (AvgIpc) is 3.44. The highest BCUT2D eigenvalue weighted by Crippen LogP contribution is 2.46. The number of hydrogen-bond donors (Lipinski definition) is 0. The number of carbonyl (C=O) groups is 1. The molecule has 1 amide bonds. The molecule has 4 heterocycles. The second kappa shape index (κ2) is 7.69. The summed E-state index contributed by atoms with van der Waals surface area (Å²) in [5, 5.41) is 0. The summed E-state index contributed by atoms with van der Waals surface area (Å²) < 4.78 is 2.09. The predicted molar refractivity (Wildman–Crippen MR) is 115 cm³/mol. The number of carbonyl (C=O) groups excluding carboxylic acids is 1. The third kappa shape index (κ3) is 3.31. The van der Waals surface area contributed by atoms with Gasteiger partial charge in [-0.3, -0.25) is 14.7 Å². The molecule has 0 N–H and O–H groups in total. The quantitative estimate of drug-likeness (QED) is 0.674. The molecule has 3 aromatic rings. The zero-order valence-electron chi connectivity index (χ0n) is 17.5. The summed E-state index contributed by atoms with van der Waals surface area (Å²) in [6, 6.07) is 12.3. The van der Waals surface area contributed by atoms with Crippen LogP contribution in [0.2, 0.25) is 0 Å². The van der Waals surface area contributed by atoms with E-state index >= 15 is 0 Å². The standard InChI is InChI=1S/C24H27N5O/c1-17-6-3-4-8-20(17)23-21-15-28(16-22-26-10-11-27(22)2)13-19(21)14-29(23)24(30)18-7-5-9-25-12-18/h3-12,19,21,23H,13-16H2,1-2H3/t19-,21-,23+/m0/s1. The fourth-order valence-corrected chi connectivity index (χ4v) is 5.20. The van der Waals surface area contributed by atoms with Crippen LogP contribution in [-0.4, -0.2) is 49.9 Å². The highest BCUT2D eigenvalue weighted by Gasteiger charge is 2.49. The number of rotatable bonds is 4. The molecule has 2 aliphatic rings. The molecule has 0 spiro atoms. The third-order valence-electron chi connectivity index (χ3n) is 6.70. The molecule has 1 aromatic carbocycles. The Labute approximate surface area is 177 Å². The van der Waals surface area contributed by atoms with Gasteiger partial charge in [-0.2, -0.15) is 0 Å². The van der Waals surface area contributed by atoms with Crippen LogP contribution in [0.1, 0.15) is 33.4 Å². The van der Waals surface area contributed by atoms with Gasteiger partial charge in [-0.15, -0.1) is 0 Å². The second-order valence-electron chi connectivity index (χ2n) is 8.57. The van der Waals surface area contributed by atoms with Crippen molar-refractivity contribution in [2.24, 2.45) is 18.9 Å².